The molecule has 3 N–H and O–H groups in total. The Bertz CT molecular complexity index is 582. The number of H-pyrrole nitrogens is 1. The average Bonchev–Trinajstić information content (AvgIpc) is 2.49. The van der Waals surface area contributed by atoms with Gasteiger partial charge in [0.25, 0.3) is 11.5 Å². The van der Waals surface area contributed by atoms with Crippen molar-refractivity contribution >= 4 is 5.91 Å². The number of carbonyl (C=O) groups is 1. The molecule has 1 aliphatic rings. The van der Waals surface area contributed by atoms with E-state index in [2.05, 4.69) is 15.3 Å². The highest BCUT2D eigenvalue weighted by atomic mass is 16.3. The van der Waals surface area contributed by atoms with E-state index in [1.54, 1.807) is 13.8 Å². The van der Waals surface area contributed by atoms with Gasteiger partial charge in [0, 0.05) is 12.2 Å². The molecule has 1 aromatic heterocycles. The molecule has 0 aliphatic heterocycles. The van der Waals surface area contributed by atoms with E-state index in [9.17, 15) is 14.7 Å². The molecule has 1 heterocycles. The predicted octanol–water partition coefficient (Wildman–Crippen LogP) is 1.45. The van der Waals surface area contributed by atoms with Crippen LogP contribution in [0.5, 0.6) is 0 Å². The van der Waals surface area contributed by atoms with Crippen LogP contribution in [0, 0.1) is 19.8 Å². The first-order chi connectivity index (χ1) is 10.5. The molecule has 0 spiro atoms. The van der Waals surface area contributed by atoms with Crippen LogP contribution in [0.2, 0.25) is 0 Å². The second-order valence-electron chi connectivity index (χ2n) is 6.13. The van der Waals surface area contributed by atoms with Gasteiger partial charge < -0.3 is 15.4 Å². The third kappa shape index (κ3) is 4.16. The van der Waals surface area contributed by atoms with Gasteiger partial charge in [0.2, 0.25) is 0 Å². The maximum Gasteiger partial charge on any atom is 0.279 e. The zero-order valence-corrected chi connectivity index (χ0v) is 13.3. The monoisotopic (exact) mass is 307 g/mol. The number of aromatic amines is 1. The third-order valence-electron chi connectivity index (χ3n) is 4.46. The largest absolute Gasteiger partial charge is 0.393 e. The minimum absolute atomic E-state index is 0.0826. The molecule has 0 aromatic carbocycles. The fraction of sp³-hybridized carbons (Fsp3) is 0.688. The van der Waals surface area contributed by atoms with E-state index >= 15 is 0 Å². The van der Waals surface area contributed by atoms with Gasteiger partial charge in [-0.15, -0.1) is 0 Å². The van der Waals surface area contributed by atoms with E-state index in [0.29, 0.717) is 23.9 Å². The number of hydrogen-bond acceptors (Lipinski definition) is 4. The molecule has 22 heavy (non-hydrogen) atoms. The van der Waals surface area contributed by atoms with E-state index in [-0.39, 0.29) is 11.8 Å². The lowest BCUT2D eigenvalue weighted by atomic mass is 9.83. The second-order valence-corrected chi connectivity index (χ2v) is 6.13. The van der Waals surface area contributed by atoms with E-state index in [1.807, 2.05) is 0 Å². The Morgan fingerprint density at radius 2 is 2.09 bits per heavy atom. The molecule has 2 rings (SSSR count). The van der Waals surface area contributed by atoms with E-state index in [4.69, 9.17) is 0 Å². The van der Waals surface area contributed by atoms with Crippen molar-refractivity contribution in [3.05, 3.63) is 27.4 Å². The summed E-state index contributed by atoms with van der Waals surface area (Å²) in [7, 11) is 0. The van der Waals surface area contributed by atoms with Crippen LogP contribution in [0.25, 0.3) is 0 Å². The highest BCUT2D eigenvalue weighted by Gasteiger charge is 2.22. The summed E-state index contributed by atoms with van der Waals surface area (Å²) in [5.41, 5.74) is 0.784. The average molecular weight is 307 g/mol. The minimum atomic E-state index is -0.455. The van der Waals surface area contributed by atoms with E-state index < -0.39 is 11.5 Å². The number of aromatic nitrogens is 2. The van der Waals surface area contributed by atoms with Crippen molar-refractivity contribution in [2.75, 3.05) is 6.54 Å². The van der Waals surface area contributed by atoms with Crippen molar-refractivity contribution in [2.24, 2.45) is 5.92 Å². The first-order valence-corrected chi connectivity index (χ1v) is 8.03. The summed E-state index contributed by atoms with van der Waals surface area (Å²) in [5.74, 6) is -0.0951. The van der Waals surface area contributed by atoms with Crippen LogP contribution in [0.15, 0.2) is 4.79 Å². The van der Waals surface area contributed by atoms with Gasteiger partial charge in [-0.25, -0.2) is 4.98 Å². The Morgan fingerprint density at radius 3 is 2.82 bits per heavy atom. The van der Waals surface area contributed by atoms with Crippen molar-refractivity contribution in [1.29, 1.82) is 0 Å². The lowest BCUT2D eigenvalue weighted by Gasteiger charge is -2.27. The van der Waals surface area contributed by atoms with Crippen LogP contribution in [0.1, 0.15) is 60.4 Å². The summed E-state index contributed by atoms with van der Waals surface area (Å²) in [4.78, 5) is 30.4. The molecule has 2 unspecified atom stereocenters. The summed E-state index contributed by atoms with van der Waals surface area (Å²) in [6.07, 6.45) is 5.74. The van der Waals surface area contributed by atoms with Crippen molar-refractivity contribution < 1.29 is 9.90 Å². The molecule has 2 atom stereocenters. The Labute approximate surface area is 130 Å². The summed E-state index contributed by atoms with van der Waals surface area (Å²) in [6, 6.07) is 0. The zero-order valence-electron chi connectivity index (χ0n) is 13.3. The van der Waals surface area contributed by atoms with Crippen molar-refractivity contribution in [2.45, 2.75) is 58.5 Å². The van der Waals surface area contributed by atoms with Crippen LogP contribution in [0.3, 0.4) is 0 Å². The molecule has 1 aromatic rings. The second kappa shape index (κ2) is 7.54. The van der Waals surface area contributed by atoms with Gasteiger partial charge in [-0.05, 0) is 45.4 Å². The lowest BCUT2D eigenvalue weighted by Crippen LogP contribution is -2.33. The third-order valence-corrected chi connectivity index (χ3v) is 4.46. The van der Waals surface area contributed by atoms with Crippen LogP contribution in [0.4, 0.5) is 0 Å². The van der Waals surface area contributed by atoms with Crippen molar-refractivity contribution in [1.82, 2.24) is 15.3 Å². The first-order valence-electron chi connectivity index (χ1n) is 8.03. The Balaban J connectivity index is 1.81. The van der Waals surface area contributed by atoms with Crippen molar-refractivity contribution in [3.8, 4) is 0 Å². The van der Waals surface area contributed by atoms with Gasteiger partial charge in [-0.3, -0.25) is 9.59 Å². The molecular weight excluding hydrogens is 282 g/mol. The van der Waals surface area contributed by atoms with Crippen LogP contribution >= 0.6 is 0 Å². The number of aliphatic hydroxyl groups is 1. The van der Waals surface area contributed by atoms with Crippen molar-refractivity contribution in [3.63, 3.8) is 0 Å². The summed E-state index contributed by atoms with van der Waals surface area (Å²) in [5, 5.41) is 12.6. The standard InChI is InChI=1S/C16H25N3O3/c1-10-11(2)19-16(22)14(18-10)15(21)17-9-5-7-12-6-3-4-8-13(12)20/h12-13,20H,3-9H2,1-2H3,(H,17,21)(H,19,22). The highest BCUT2D eigenvalue weighted by molar-refractivity contribution is 5.91. The van der Waals surface area contributed by atoms with Gasteiger partial charge in [-0.2, -0.15) is 0 Å². The summed E-state index contributed by atoms with van der Waals surface area (Å²) < 4.78 is 0. The fourth-order valence-electron chi connectivity index (χ4n) is 2.95. The van der Waals surface area contributed by atoms with Gasteiger partial charge in [-0.1, -0.05) is 12.8 Å². The van der Waals surface area contributed by atoms with E-state index in [1.165, 1.54) is 6.42 Å². The smallest absolute Gasteiger partial charge is 0.279 e. The summed E-state index contributed by atoms with van der Waals surface area (Å²) in [6.45, 7) is 4.00. The van der Waals surface area contributed by atoms with Crippen LogP contribution < -0.4 is 10.9 Å². The number of amides is 1. The SMILES string of the molecule is Cc1nc(C(=O)NCCCC2CCCCC2O)c(=O)[nH]c1C. The lowest BCUT2D eigenvalue weighted by molar-refractivity contribution is 0.0641. The molecule has 6 heteroatoms. The first kappa shape index (κ1) is 16.7. The number of hydrogen-bond donors (Lipinski definition) is 3. The minimum Gasteiger partial charge on any atom is -0.393 e. The predicted molar refractivity (Wildman–Crippen MR) is 83.9 cm³/mol. The molecule has 0 radical (unpaired) electrons. The number of nitrogens with zero attached hydrogens (tertiary/aromatic N) is 1. The Kier molecular flexibility index (Phi) is 5.71. The molecule has 1 aliphatic carbocycles. The maximum atomic E-state index is 12.0. The molecule has 1 fully saturated rings. The number of carbonyl (C=O) groups excluding carboxylic acids is 1. The quantitative estimate of drug-likeness (QED) is 0.717. The maximum absolute atomic E-state index is 12.0. The molecule has 1 saturated carbocycles. The fourth-order valence-corrected chi connectivity index (χ4v) is 2.95. The van der Waals surface area contributed by atoms with Gasteiger partial charge in [0.1, 0.15) is 0 Å². The molecular formula is C16H25N3O3. The zero-order chi connectivity index (χ0) is 16.1. The topological polar surface area (TPSA) is 95.1 Å². The van der Waals surface area contributed by atoms with Gasteiger partial charge in [0.05, 0.1) is 11.8 Å². The molecule has 6 nitrogen and oxygen atoms in total. The normalized spacial score (nSPS) is 21.6. The number of aryl methyl sites for hydroxylation is 2. The number of nitrogens with one attached hydrogen (secondary N) is 2. The van der Waals surface area contributed by atoms with E-state index in [0.717, 1.165) is 32.1 Å². The van der Waals surface area contributed by atoms with Crippen LogP contribution in [-0.2, 0) is 0 Å². The number of rotatable bonds is 5. The van der Waals surface area contributed by atoms with Gasteiger partial charge in [0.15, 0.2) is 5.69 Å². The molecule has 0 saturated heterocycles. The molecule has 0 bridgehead atoms. The highest BCUT2D eigenvalue weighted by Crippen LogP contribution is 2.27. The summed E-state index contributed by atoms with van der Waals surface area (Å²) >= 11 is 0. The molecule has 1 amide bonds. The molecule has 122 valence electrons. The Hall–Kier alpha value is -1.69. The van der Waals surface area contributed by atoms with Crippen LogP contribution in [-0.4, -0.2) is 33.6 Å². The number of aliphatic hydroxyl groups excluding tert-OH is 1. The van der Waals surface area contributed by atoms with Gasteiger partial charge >= 0.3 is 0 Å². The Morgan fingerprint density at radius 1 is 1.36 bits per heavy atom.